The highest BCUT2D eigenvalue weighted by Gasteiger charge is 2.26. The standard InChI is InChI=1S/C20H25N3O4S/c1-15-13-19(22-16(2)21-15)27-17-7-6-11-23(14-17)20(24)10-12-28(25,26)18-8-4-3-5-9-18/h3-5,8-9,13,17H,6-7,10-12,14H2,1-2H3. The van der Waals surface area contributed by atoms with Gasteiger partial charge in [0.2, 0.25) is 11.8 Å². The van der Waals surface area contributed by atoms with Crippen LogP contribution in [0, 0.1) is 13.8 Å². The molecule has 0 radical (unpaired) electrons. The Morgan fingerprint density at radius 1 is 1.21 bits per heavy atom. The average molecular weight is 404 g/mol. The van der Waals surface area contributed by atoms with E-state index in [2.05, 4.69) is 9.97 Å². The average Bonchev–Trinajstić information content (AvgIpc) is 2.66. The molecule has 1 aliphatic heterocycles. The highest BCUT2D eigenvalue weighted by molar-refractivity contribution is 7.91. The molecule has 1 unspecified atom stereocenters. The van der Waals surface area contributed by atoms with Crippen molar-refractivity contribution in [2.75, 3.05) is 18.8 Å². The summed E-state index contributed by atoms with van der Waals surface area (Å²) in [4.78, 5) is 23.0. The molecule has 1 aliphatic rings. The van der Waals surface area contributed by atoms with Crippen LogP contribution in [0.15, 0.2) is 41.3 Å². The Kier molecular flexibility index (Phi) is 6.28. The molecule has 1 fully saturated rings. The molecule has 0 bridgehead atoms. The molecule has 1 saturated heterocycles. The van der Waals surface area contributed by atoms with Gasteiger partial charge in [-0.2, -0.15) is 4.98 Å². The number of sulfone groups is 1. The van der Waals surface area contributed by atoms with E-state index in [1.54, 1.807) is 41.3 Å². The number of hydrogen-bond acceptors (Lipinski definition) is 6. The van der Waals surface area contributed by atoms with Gasteiger partial charge in [0, 0.05) is 24.7 Å². The highest BCUT2D eigenvalue weighted by Crippen LogP contribution is 2.19. The quantitative estimate of drug-likeness (QED) is 0.735. The van der Waals surface area contributed by atoms with Gasteiger partial charge in [-0.1, -0.05) is 18.2 Å². The molecular weight excluding hydrogens is 378 g/mol. The lowest BCUT2D eigenvalue weighted by atomic mass is 10.1. The molecular formula is C20H25N3O4S. The zero-order chi connectivity index (χ0) is 20.1. The van der Waals surface area contributed by atoms with Crippen molar-refractivity contribution in [3.8, 4) is 5.88 Å². The van der Waals surface area contributed by atoms with E-state index < -0.39 is 9.84 Å². The second kappa shape index (κ2) is 8.68. The number of ether oxygens (including phenoxy) is 1. The first-order valence-electron chi connectivity index (χ1n) is 9.38. The van der Waals surface area contributed by atoms with Gasteiger partial charge in [0.1, 0.15) is 11.9 Å². The molecule has 150 valence electrons. The Labute approximate surface area is 165 Å². The lowest BCUT2D eigenvalue weighted by Crippen LogP contribution is -2.44. The zero-order valence-corrected chi connectivity index (χ0v) is 17.0. The van der Waals surface area contributed by atoms with Gasteiger partial charge in [-0.25, -0.2) is 13.4 Å². The predicted octanol–water partition coefficient (Wildman–Crippen LogP) is 2.33. The number of aryl methyl sites for hydroxylation is 2. The van der Waals surface area contributed by atoms with E-state index in [0.717, 1.165) is 18.5 Å². The second-order valence-electron chi connectivity index (χ2n) is 7.00. The molecule has 0 spiro atoms. The van der Waals surface area contributed by atoms with Gasteiger partial charge in [0.15, 0.2) is 9.84 Å². The van der Waals surface area contributed by atoms with Crippen LogP contribution in [-0.2, 0) is 14.6 Å². The summed E-state index contributed by atoms with van der Waals surface area (Å²) in [6.45, 7) is 4.74. The van der Waals surface area contributed by atoms with Crippen molar-refractivity contribution in [2.24, 2.45) is 0 Å². The summed E-state index contributed by atoms with van der Waals surface area (Å²) in [7, 11) is -3.46. The molecule has 2 aromatic rings. The summed E-state index contributed by atoms with van der Waals surface area (Å²) in [5.74, 6) is 0.797. The van der Waals surface area contributed by atoms with Gasteiger partial charge >= 0.3 is 0 Å². The second-order valence-corrected chi connectivity index (χ2v) is 9.11. The minimum Gasteiger partial charge on any atom is -0.472 e. The van der Waals surface area contributed by atoms with Crippen LogP contribution in [-0.4, -0.2) is 54.1 Å². The Hall–Kier alpha value is -2.48. The van der Waals surface area contributed by atoms with E-state index >= 15 is 0 Å². The topological polar surface area (TPSA) is 89.5 Å². The number of likely N-dealkylation sites (tertiary alicyclic amines) is 1. The first kappa shape index (κ1) is 20.3. The van der Waals surface area contributed by atoms with Gasteiger partial charge < -0.3 is 9.64 Å². The van der Waals surface area contributed by atoms with Crippen molar-refractivity contribution < 1.29 is 17.9 Å². The smallest absolute Gasteiger partial charge is 0.223 e. The van der Waals surface area contributed by atoms with Crippen molar-refractivity contribution in [3.05, 3.63) is 47.9 Å². The minimum atomic E-state index is -3.46. The summed E-state index contributed by atoms with van der Waals surface area (Å²) in [5.41, 5.74) is 0.831. The van der Waals surface area contributed by atoms with Crippen LogP contribution in [0.3, 0.4) is 0 Å². The van der Waals surface area contributed by atoms with E-state index in [1.165, 1.54) is 0 Å². The van der Waals surface area contributed by atoms with Crippen LogP contribution in [0.2, 0.25) is 0 Å². The SMILES string of the molecule is Cc1cc(OC2CCCN(C(=O)CCS(=O)(=O)c3ccccc3)C2)nc(C)n1. The number of nitrogens with zero attached hydrogens (tertiary/aromatic N) is 3. The van der Waals surface area contributed by atoms with Gasteiger partial charge in [0.25, 0.3) is 0 Å². The normalized spacial score (nSPS) is 17.4. The van der Waals surface area contributed by atoms with Gasteiger partial charge in [-0.15, -0.1) is 0 Å². The number of amides is 1. The maximum Gasteiger partial charge on any atom is 0.223 e. The number of aromatic nitrogens is 2. The molecule has 28 heavy (non-hydrogen) atoms. The number of hydrogen-bond donors (Lipinski definition) is 0. The van der Waals surface area contributed by atoms with Crippen LogP contribution < -0.4 is 4.74 Å². The maximum absolute atomic E-state index is 12.6. The Bertz CT molecular complexity index is 911. The number of carbonyl (C=O) groups excluding carboxylic acids is 1. The molecule has 1 aromatic heterocycles. The number of piperidine rings is 1. The molecule has 0 saturated carbocycles. The van der Waals surface area contributed by atoms with E-state index in [0.29, 0.717) is 24.8 Å². The Balaban J connectivity index is 1.57. The lowest BCUT2D eigenvalue weighted by Gasteiger charge is -2.32. The van der Waals surface area contributed by atoms with Crippen molar-refractivity contribution in [1.29, 1.82) is 0 Å². The van der Waals surface area contributed by atoms with E-state index in [4.69, 9.17) is 4.74 Å². The van der Waals surface area contributed by atoms with Crippen molar-refractivity contribution in [3.63, 3.8) is 0 Å². The van der Waals surface area contributed by atoms with E-state index in [-0.39, 0.29) is 29.1 Å². The minimum absolute atomic E-state index is 0.0321. The van der Waals surface area contributed by atoms with Crippen LogP contribution >= 0.6 is 0 Å². The molecule has 8 heteroatoms. The fourth-order valence-electron chi connectivity index (χ4n) is 3.30. The lowest BCUT2D eigenvalue weighted by molar-refractivity contribution is -0.133. The zero-order valence-electron chi connectivity index (χ0n) is 16.2. The first-order chi connectivity index (χ1) is 13.3. The number of benzene rings is 1. The Morgan fingerprint density at radius 2 is 1.96 bits per heavy atom. The molecule has 1 amide bonds. The summed E-state index contributed by atoms with van der Waals surface area (Å²) in [6.07, 6.45) is 1.45. The van der Waals surface area contributed by atoms with Crippen LogP contribution in [0.25, 0.3) is 0 Å². The first-order valence-corrected chi connectivity index (χ1v) is 11.0. The molecule has 0 N–H and O–H groups in total. The highest BCUT2D eigenvalue weighted by atomic mass is 32.2. The molecule has 2 heterocycles. The van der Waals surface area contributed by atoms with Crippen LogP contribution in [0.4, 0.5) is 0 Å². The van der Waals surface area contributed by atoms with Crippen molar-refractivity contribution in [1.82, 2.24) is 14.9 Å². The predicted molar refractivity (Wildman–Crippen MR) is 105 cm³/mol. The van der Waals surface area contributed by atoms with Crippen molar-refractivity contribution >= 4 is 15.7 Å². The summed E-state index contributed by atoms with van der Waals surface area (Å²) in [6, 6.07) is 10.0. The summed E-state index contributed by atoms with van der Waals surface area (Å²) in [5, 5.41) is 0. The number of carbonyl (C=O) groups is 1. The largest absolute Gasteiger partial charge is 0.472 e. The van der Waals surface area contributed by atoms with Gasteiger partial charge in [-0.3, -0.25) is 4.79 Å². The van der Waals surface area contributed by atoms with E-state index in [1.807, 2.05) is 13.8 Å². The third kappa shape index (κ3) is 5.28. The molecule has 3 rings (SSSR count). The molecule has 7 nitrogen and oxygen atoms in total. The third-order valence-electron chi connectivity index (χ3n) is 4.65. The maximum atomic E-state index is 12.6. The van der Waals surface area contributed by atoms with E-state index in [9.17, 15) is 13.2 Å². The fraction of sp³-hybridized carbons (Fsp3) is 0.450. The fourth-order valence-corrected chi connectivity index (χ4v) is 4.55. The molecule has 1 atom stereocenters. The summed E-state index contributed by atoms with van der Waals surface area (Å²) >= 11 is 0. The monoisotopic (exact) mass is 403 g/mol. The number of rotatable bonds is 6. The summed E-state index contributed by atoms with van der Waals surface area (Å²) < 4.78 is 30.7. The van der Waals surface area contributed by atoms with Crippen molar-refractivity contribution in [2.45, 2.75) is 44.1 Å². The Morgan fingerprint density at radius 3 is 2.68 bits per heavy atom. The third-order valence-corrected chi connectivity index (χ3v) is 6.38. The van der Waals surface area contributed by atoms with Crippen LogP contribution in [0.5, 0.6) is 5.88 Å². The van der Waals surface area contributed by atoms with Crippen LogP contribution in [0.1, 0.15) is 30.8 Å². The van der Waals surface area contributed by atoms with Gasteiger partial charge in [0.05, 0.1) is 17.2 Å². The molecule has 0 aliphatic carbocycles. The van der Waals surface area contributed by atoms with Gasteiger partial charge in [-0.05, 0) is 38.8 Å². The molecule has 1 aromatic carbocycles.